The summed E-state index contributed by atoms with van der Waals surface area (Å²) in [5.41, 5.74) is 11.3. The molecule has 55 heavy (non-hydrogen) atoms. The molecule has 0 aliphatic carbocycles. The van der Waals surface area contributed by atoms with E-state index in [-0.39, 0.29) is 34.0 Å². The van der Waals surface area contributed by atoms with Crippen LogP contribution < -0.4 is 11.5 Å². The van der Waals surface area contributed by atoms with Crippen molar-refractivity contribution in [3.8, 4) is 0 Å². The first-order valence-corrected chi connectivity index (χ1v) is 20.1. The number of nitrogen functional groups attached to an aromatic ring is 2. The molecule has 5 N–H and O–H groups in total. The number of aliphatic hydroxyl groups excluding tert-OH is 1. The Labute approximate surface area is 310 Å². The Morgan fingerprint density at radius 2 is 1.47 bits per heavy atom. The molecule has 0 radical (unpaired) electrons. The van der Waals surface area contributed by atoms with Crippen molar-refractivity contribution in [2.75, 3.05) is 37.8 Å². The second-order valence-electron chi connectivity index (χ2n) is 13.4. The van der Waals surface area contributed by atoms with Crippen LogP contribution in [-0.2, 0) is 50.8 Å². The van der Waals surface area contributed by atoms with Gasteiger partial charge >= 0.3 is 21.4 Å². The molecular formula is C29H38F2N10O12P2. The molecule has 0 aromatic carbocycles. The third-order valence-corrected chi connectivity index (χ3v) is 12.8. The minimum atomic E-state index is -5.01. The summed E-state index contributed by atoms with van der Waals surface area (Å²) in [5.74, 6) is -0.699. The lowest BCUT2D eigenvalue weighted by Gasteiger charge is -2.30. The summed E-state index contributed by atoms with van der Waals surface area (Å²) in [7, 11) is -9.48. The number of rotatable bonds is 9. The Kier molecular flexibility index (Phi) is 10.9. The van der Waals surface area contributed by atoms with Crippen LogP contribution in [0, 0.1) is 5.41 Å². The second-order valence-corrected chi connectivity index (χ2v) is 17.1. The van der Waals surface area contributed by atoms with Crippen molar-refractivity contribution in [1.82, 2.24) is 39.0 Å². The molecule has 26 heteroatoms. The Bertz CT molecular complexity index is 2150. The Morgan fingerprint density at radius 3 is 2.04 bits per heavy atom. The van der Waals surface area contributed by atoms with Crippen molar-refractivity contribution in [2.24, 2.45) is 5.41 Å². The van der Waals surface area contributed by atoms with Gasteiger partial charge in [0.15, 0.2) is 54.5 Å². The number of hydrogen-bond acceptors (Lipinski definition) is 20. The maximum atomic E-state index is 16.6. The van der Waals surface area contributed by atoms with Gasteiger partial charge in [-0.05, 0) is 26.7 Å². The number of aliphatic hydroxyl groups is 1. The number of phosphoric ester groups is 1. The largest absolute Gasteiger partial charge is 0.478 e. The van der Waals surface area contributed by atoms with E-state index in [2.05, 4.69) is 29.9 Å². The first-order valence-electron chi connectivity index (χ1n) is 16.9. The number of alkyl halides is 2. The van der Waals surface area contributed by atoms with E-state index in [1.807, 2.05) is 0 Å². The average Bonchev–Trinajstić information content (AvgIpc) is 3.92. The van der Waals surface area contributed by atoms with E-state index in [0.29, 0.717) is 6.42 Å². The standard InChI is InChI=1S/C29H38F2N10O12P2/c1-4-29(2,3)28(43)46-13-49-55(45)47-7-15-21(17(31)27(51-15)41-11-39-19-23(33)35-9-37-25(19)41)52-54(44,48-12-42)6-5-14-20(53-55)16(30)26(50-14)40-10-38-18-22(32)34-8-36-24(18)40/h8-11,14-17,20-21,26-27,42H,4-7,12-13H2,1-3H3,(H2,32,34,36)(H2,33,35,37)/t14-,15-,16-,17-,20-,21-,26-,27-,54?,55?/m1/s1. The van der Waals surface area contributed by atoms with Crippen molar-refractivity contribution < 1.29 is 64.6 Å². The summed E-state index contributed by atoms with van der Waals surface area (Å²) in [6.45, 7) is 2.09. The number of aromatic nitrogens is 8. The van der Waals surface area contributed by atoms with Gasteiger partial charge in [0.1, 0.15) is 42.0 Å². The number of nitrogens with two attached hydrogens (primary N) is 2. The molecule has 7 rings (SSSR count). The van der Waals surface area contributed by atoms with Gasteiger partial charge in [-0.1, -0.05) is 6.92 Å². The topological polar surface area (TPSA) is 285 Å². The number of ether oxygens (including phenoxy) is 3. The van der Waals surface area contributed by atoms with E-state index in [0.717, 1.165) is 12.7 Å². The van der Waals surface area contributed by atoms with Crippen molar-refractivity contribution in [2.45, 2.75) is 82.8 Å². The van der Waals surface area contributed by atoms with Gasteiger partial charge in [-0.25, -0.2) is 47.8 Å². The highest BCUT2D eigenvalue weighted by Crippen LogP contribution is 2.58. The number of phosphoric acid groups is 1. The first-order chi connectivity index (χ1) is 26.2. The molecule has 300 valence electrons. The van der Waals surface area contributed by atoms with Crippen LogP contribution in [0.2, 0.25) is 0 Å². The average molecular weight is 819 g/mol. The molecule has 3 aliphatic heterocycles. The lowest BCUT2D eigenvalue weighted by atomic mass is 9.91. The Hall–Kier alpha value is -3.83. The van der Waals surface area contributed by atoms with E-state index >= 15 is 8.78 Å². The number of nitrogens with zero attached hydrogens (tertiary/aromatic N) is 8. The van der Waals surface area contributed by atoms with Crippen LogP contribution in [0.15, 0.2) is 25.3 Å². The number of esters is 1. The molecule has 0 bridgehead atoms. The molecule has 22 nitrogen and oxygen atoms in total. The third kappa shape index (κ3) is 7.55. The fraction of sp³-hybridized carbons (Fsp3) is 0.621. The quantitative estimate of drug-likeness (QED) is 0.124. The molecule has 0 spiro atoms. The van der Waals surface area contributed by atoms with Crippen LogP contribution >= 0.6 is 15.4 Å². The normalized spacial score (nSPS) is 33.2. The molecule has 3 fully saturated rings. The summed E-state index contributed by atoms with van der Waals surface area (Å²) in [5, 5.41) is 9.70. The summed E-state index contributed by atoms with van der Waals surface area (Å²) in [6, 6.07) is 0. The Morgan fingerprint density at radius 1 is 0.909 bits per heavy atom. The highest BCUT2D eigenvalue weighted by molar-refractivity contribution is 7.53. The fourth-order valence-corrected chi connectivity index (χ4v) is 9.09. The molecule has 0 amide bonds. The molecule has 3 saturated heterocycles. The van der Waals surface area contributed by atoms with E-state index in [1.54, 1.807) is 20.8 Å². The number of anilines is 2. The maximum absolute atomic E-state index is 16.6. The highest BCUT2D eigenvalue weighted by Gasteiger charge is 2.55. The van der Waals surface area contributed by atoms with E-state index in [9.17, 15) is 19.0 Å². The van der Waals surface area contributed by atoms with Crippen LogP contribution in [-0.4, -0.2) is 113 Å². The van der Waals surface area contributed by atoms with Crippen LogP contribution in [0.5, 0.6) is 0 Å². The monoisotopic (exact) mass is 818 g/mol. The molecule has 0 saturated carbocycles. The number of carbonyl (C=O) groups excluding carboxylic acids is 1. The van der Waals surface area contributed by atoms with Crippen LogP contribution in [0.3, 0.4) is 0 Å². The lowest BCUT2D eigenvalue weighted by Crippen LogP contribution is -2.37. The van der Waals surface area contributed by atoms with Gasteiger partial charge in [0, 0.05) is 0 Å². The molecular weight excluding hydrogens is 780 g/mol. The van der Waals surface area contributed by atoms with Crippen molar-refractivity contribution in [3.63, 3.8) is 0 Å². The van der Waals surface area contributed by atoms with E-state index < -0.39 is 109 Å². The van der Waals surface area contributed by atoms with Crippen molar-refractivity contribution in [3.05, 3.63) is 25.3 Å². The molecule has 10 atom stereocenters. The van der Waals surface area contributed by atoms with Crippen molar-refractivity contribution >= 4 is 55.4 Å². The van der Waals surface area contributed by atoms with Gasteiger partial charge in [0.25, 0.3) is 0 Å². The molecule has 4 aromatic rings. The number of hydrogen-bond donors (Lipinski definition) is 3. The minimum absolute atomic E-state index is 0.00198. The zero-order valence-electron chi connectivity index (χ0n) is 29.5. The summed E-state index contributed by atoms with van der Waals surface area (Å²) in [4.78, 5) is 37.0. The summed E-state index contributed by atoms with van der Waals surface area (Å²) in [6.07, 6.45) is -9.88. The molecule has 3 aliphatic rings. The van der Waals surface area contributed by atoms with Crippen LogP contribution in [0.1, 0.15) is 46.1 Å². The van der Waals surface area contributed by atoms with Gasteiger partial charge in [0.2, 0.25) is 6.79 Å². The third-order valence-electron chi connectivity index (χ3n) is 9.57. The first kappa shape index (κ1) is 39.4. The Balaban J connectivity index is 1.23. The second kappa shape index (κ2) is 15.3. The zero-order valence-corrected chi connectivity index (χ0v) is 31.3. The van der Waals surface area contributed by atoms with Gasteiger partial charge in [-0.2, -0.15) is 0 Å². The van der Waals surface area contributed by atoms with Gasteiger partial charge in [-0.15, -0.1) is 0 Å². The summed E-state index contributed by atoms with van der Waals surface area (Å²) >= 11 is 0. The maximum Gasteiger partial charge on any atom is 0.478 e. The van der Waals surface area contributed by atoms with E-state index in [1.165, 1.54) is 21.8 Å². The predicted molar refractivity (Wildman–Crippen MR) is 182 cm³/mol. The molecule has 7 heterocycles. The van der Waals surface area contributed by atoms with Gasteiger partial charge in [-0.3, -0.25) is 36.6 Å². The minimum Gasteiger partial charge on any atom is -0.437 e. The van der Waals surface area contributed by atoms with Gasteiger partial charge in [0.05, 0.1) is 36.9 Å². The van der Waals surface area contributed by atoms with Gasteiger partial charge < -0.3 is 30.8 Å². The number of halogens is 2. The number of imidazole rings is 2. The highest BCUT2D eigenvalue weighted by atomic mass is 31.2. The predicted octanol–water partition coefficient (Wildman–Crippen LogP) is 2.71. The van der Waals surface area contributed by atoms with E-state index in [4.69, 9.17) is 48.3 Å². The number of carbonyl (C=O) groups is 1. The smallest absolute Gasteiger partial charge is 0.437 e. The summed E-state index contributed by atoms with van der Waals surface area (Å²) < 4.78 is 109. The number of fused-ring (bicyclic) bond motifs is 4. The zero-order chi connectivity index (χ0) is 39.3. The SMILES string of the molecule is CCC(C)(C)C(=O)OCOP1(=O)OC[C@H]2O[C@@H](n3cnc4c(N)ncnc43)[C@H](F)[C@@H]2OP(=O)(OCO)CC[C@H]2O[C@@H](n3cnc4c(N)ncnc43)[C@H](F)[C@@H]2O1. The van der Waals surface area contributed by atoms with Crippen molar-refractivity contribution in [1.29, 1.82) is 0 Å². The fourth-order valence-electron chi connectivity index (χ4n) is 6.17. The molecule has 4 aromatic heterocycles. The van der Waals surface area contributed by atoms with Crippen LogP contribution in [0.4, 0.5) is 20.4 Å². The molecule has 2 unspecified atom stereocenters. The van der Waals surface area contributed by atoms with Crippen LogP contribution in [0.25, 0.3) is 22.3 Å². The lowest BCUT2D eigenvalue weighted by molar-refractivity contribution is -0.162.